The molecule has 0 saturated carbocycles. The van der Waals surface area contributed by atoms with Crippen LogP contribution < -0.4 is 15.4 Å². The summed E-state index contributed by atoms with van der Waals surface area (Å²) in [6.07, 6.45) is 1.55. The molecule has 0 aliphatic rings. The first kappa shape index (κ1) is 22.4. The predicted molar refractivity (Wildman–Crippen MR) is 130 cm³/mol. The highest BCUT2D eigenvalue weighted by Gasteiger charge is 2.11. The molecule has 0 radical (unpaired) electrons. The largest absolute Gasteiger partial charge is 0.483 e. The first-order chi connectivity index (χ1) is 16.1. The number of nitrogens with one attached hydrogen (secondary N) is 2. The highest BCUT2D eigenvalue weighted by Crippen LogP contribution is 2.30. The monoisotopic (exact) mass is 504 g/mol. The lowest BCUT2D eigenvalue weighted by molar-refractivity contribution is -0.118. The van der Waals surface area contributed by atoms with E-state index >= 15 is 0 Å². The zero-order valence-corrected chi connectivity index (χ0v) is 19.2. The number of benzene rings is 3. The number of furan rings is 1. The maximum absolute atomic E-state index is 12.4. The zero-order chi connectivity index (χ0) is 23.0. The fourth-order valence-corrected chi connectivity index (χ4v) is 3.68. The van der Waals surface area contributed by atoms with Crippen LogP contribution in [-0.2, 0) is 11.3 Å². The number of carbonyl (C=O) groups excluding carboxylic acids is 2. The molecule has 0 aliphatic carbocycles. The average molecular weight is 505 g/mol. The molecule has 0 spiro atoms. The summed E-state index contributed by atoms with van der Waals surface area (Å²) in [6.45, 7) is 0.117. The molecule has 0 fully saturated rings. The van der Waals surface area contributed by atoms with Crippen LogP contribution in [0.4, 0.5) is 5.69 Å². The molecule has 166 valence electrons. The normalized spacial score (nSPS) is 10.5. The van der Waals surface area contributed by atoms with E-state index in [1.54, 1.807) is 42.7 Å². The Kier molecular flexibility index (Phi) is 7.22. The van der Waals surface area contributed by atoms with Gasteiger partial charge in [0.2, 0.25) is 0 Å². The first-order valence-corrected chi connectivity index (χ1v) is 11.1. The van der Waals surface area contributed by atoms with Crippen molar-refractivity contribution in [3.05, 3.63) is 107 Å². The van der Waals surface area contributed by atoms with Gasteiger partial charge in [0, 0.05) is 11.3 Å². The molecule has 33 heavy (non-hydrogen) atoms. The van der Waals surface area contributed by atoms with Crippen LogP contribution in [0.15, 0.2) is 100 Å². The smallest absolute Gasteiger partial charge is 0.262 e. The second-order valence-corrected chi connectivity index (χ2v) is 8.05. The van der Waals surface area contributed by atoms with E-state index in [9.17, 15) is 9.59 Å². The van der Waals surface area contributed by atoms with Crippen molar-refractivity contribution in [1.82, 2.24) is 5.32 Å². The van der Waals surface area contributed by atoms with Crippen LogP contribution in [0.25, 0.3) is 11.1 Å². The maximum Gasteiger partial charge on any atom is 0.262 e. The molecule has 1 aromatic heterocycles. The summed E-state index contributed by atoms with van der Waals surface area (Å²) in [5, 5.41) is 5.53. The maximum atomic E-state index is 12.4. The average Bonchev–Trinajstić information content (AvgIpc) is 3.36. The molecule has 4 aromatic rings. The minimum Gasteiger partial charge on any atom is -0.483 e. The van der Waals surface area contributed by atoms with E-state index in [1.165, 1.54) is 0 Å². The van der Waals surface area contributed by atoms with E-state index < -0.39 is 0 Å². The molecule has 0 saturated heterocycles. The Morgan fingerprint density at radius 2 is 1.73 bits per heavy atom. The molecule has 1 heterocycles. The SMILES string of the molecule is O=C(COc1ccc(-c2ccccc2)cc1Br)Nc1cccc(C(=O)NCc2ccco2)c1. The predicted octanol–water partition coefficient (Wildman–Crippen LogP) is 5.66. The second-order valence-electron chi connectivity index (χ2n) is 7.19. The van der Waals surface area contributed by atoms with Crippen molar-refractivity contribution in [2.75, 3.05) is 11.9 Å². The van der Waals surface area contributed by atoms with Gasteiger partial charge in [-0.2, -0.15) is 0 Å². The molecule has 0 atom stereocenters. The third-order valence-electron chi connectivity index (χ3n) is 4.81. The summed E-state index contributed by atoms with van der Waals surface area (Å²) in [6, 6.07) is 26.0. The minimum atomic E-state index is -0.331. The van der Waals surface area contributed by atoms with Crippen molar-refractivity contribution in [2.45, 2.75) is 6.54 Å². The summed E-state index contributed by atoms with van der Waals surface area (Å²) < 4.78 is 11.6. The summed E-state index contributed by atoms with van der Waals surface area (Å²) in [7, 11) is 0. The Morgan fingerprint density at radius 1 is 0.879 bits per heavy atom. The van der Waals surface area contributed by atoms with Crippen LogP contribution in [0.5, 0.6) is 5.75 Å². The number of ether oxygens (including phenoxy) is 1. The molecule has 6 nitrogen and oxygen atoms in total. The molecule has 2 N–H and O–H groups in total. The van der Waals surface area contributed by atoms with E-state index in [0.29, 0.717) is 22.8 Å². The molecule has 0 aliphatic heterocycles. The van der Waals surface area contributed by atoms with Gasteiger partial charge in [-0.05, 0) is 69.5 Å². The lowest BCUT2D eigenvalue weighted by Crippen LogP contribution is -2.23. The fraction of sp³-hybridized carbons (Fsp3) is 0.0769. The summed E-state index contributed by atoms with van der Waals surface area (Å²) in [4.78, 5) is 24.7. The minimum absolute atomic E-state index is 0.168. The Labute approximate surface area is 199 Å². The van der Waals surface area contributed by atoms with Crippen molar-refractivity contribution >= 4 is 33.4 Å². The number of rotatable bonds is 8. The van der Waals surface area contributed by atoms with Crippen LogP contribution in [0.1, 0.15) is 16.1 Å². The summed E-state index contributed by atoms with van der Waals surface area (Å²) >= 11 is 3.51. The van der Waals surface area contributed by atoms with Crippen LogP contribution in [-0.4, -0.2) is 18.4 Å². The third kappa shape index (κ3) is 6.11. The van der Waals surface area contributed by atoms with Gasteiger partial charge < -0.3 is 19.8 Å². The second kappa shape index (κ2) is 10.7. The number of carbonyl (C=O) groups is 2. The van der Waals surface area contributed by atoms with Crippen molar-refractivity contribution < 1.29 is 18.7 Å². The van der Waals surface area contributed by atoms with E-state index in [2.05, 4.69) is 26.6 Å². The van der Waals surface area contributed by atoms with Crippen LogP contribution >= 0.6 is 15.9 Å². The highest BCUT2D eigenvalue weighted by atomic mass is 79.9. The highest BCUT2D eigenvalue weighted by molar-refractivity contribution is 9.10. The van der Waals surface area contributed by atoms with Gasteiger partial charge in [-0.1, -0.05) is 42.5 Å². The molecule has 7 heteroatoms. The Morgan fingerprint density at radius 3 is 2.48 bits per heavy atom. The van der Waals surface area contributed by atoms with Crippen molar-refractivity contribution in [3.63, 3.8) is 0 Å². The van der Waals surface area contributed by atoms with Crippen molar-refractivity contribution in [1.29, 1.82) is 0 Å². The van der Waals surface area contributed by atoms with Crippen LogP contribution in [0.3, 0.4) is 0 Å². The Bertz CT molecular complexity index is 1240. The quantitative estimate of drug-likeness (QED) is 0.324. The number of anilines is 1. The Hall–Kier alpha value is -3.84. The van der Waals surface area contributed by atoms with Crippen LogP contribution in [0.2, 0.25) is 0 Å². The first-order valence-electron chi connectivity index (χ1n) is 10.3. The molecule has 2 amide bonds. The summed E-state index contributed by atoms with van der Waals surface area (Å²) in [5.41, 5.74) is 3.07. The van der Waals surface area contributed by atoms with Crippen molar-refractivity contribution in [2.24, 2.45) is 0 Å². The van der Waals surface area contributed by atoms with E-state index in [0.717, 1.165) is 15.6 Å². The van der Waals surface area contributed by atoms with E-state index in [1.807, 2.05) is 48.5 Å². The summed E-state index contributed by atoms with van der Waals surface area (Å²) in [5.74, 6) is 0.632. The van der Waals surface area contributed by atoms with Crippen LogP contribution in [0, 0.1) is 0 Å². The lowest BCUT2D eigenvalue weighted by atomic mass is 10.1. The molecule has 4 rings (SSSR count). The number of halogens is 1. The zero-order valence-electron chi connectivity index (χ0n) is 17.6. The van der Waals surface area contributed by atoms with Gasteiger partial charge >= 0.3 is 0 Å². The number of amides is 2. The number of hydrogen-bond donors (Lipinski definition) is 2. The number of hydrogen-bond acceptors (Lipinski definition) is 4. The van der Waals surface area contributed by atoms with Gasteiger partial charge in [0.1, 0.15) is 11.5 Å². The molecular weight excluding hydrogens is 484 g/mol. The van der Waals surface area contributed by atoms with Gasteiger partial charge in [0.15, 0.2) is 6.61 Å². The molecule has 3 aromatic carbocycles. The third-order valence-corrected chi connectivity index (χ3v) is 5.43. The standard InChI is InChI=1S/C26H21BrN2O4/c27-23-15-19(18-6-2-1-3-7-18)11-12-24(23)33-17-25(30)29-21-9-4-8-20(14-21)26(31)28-16-22-10-5-13-32-22/h1-15H,16-17H2,(H,28,31)(H,29,30). The van der Waals surface area contributed by atoms with E-state index in [4.69, 9.17) is 9.15 Å². The fourth-order valence-electron chi connectivity index (χ4n) is 3.19. The molecular formula is C26H21BrN2O4. The van der Waals surface area contributed by atoms with Crippen molar-refractivity contribution in [3.8, 4) is 16.9 Å². The topological polar surface area (TPSA) is 80.6 Å². The molecule has 0 bridgehead atoms. The van der Waals surface area contributed by atoms with Gasteiger partial charge in [-0.25, -0.2) is 0 Å². The molecule has 0 unspecified atom stereocenters. The van der Waals surface area contributed by atoms with E-state index in [-0.39, 0.29) is 25.0 Å². The van der Waals surface area contributed by atoms with Gasteiger partial charge in [0.05, 0.1) is 17.3 Å². The Balaban J connectivity index is 1.32. The lowest BCUT2D eigenvalue weighted by Gasteiger charge is -2.11. The van der Waals surface area contributed by atoms with Gasteiger partial charge in [0.25, 0.3) is 11.8 Å². The van der Waals surface area contributed by atoms with Gasteiger partial charge in [-0.3, -0.25) is 9.59 Å². The van der Waals surface area contributed by atoms with Gasteiger partial charge in [-0.15, -0.1) is 0 Å².